The van der Waals surface area contributed by atoms with Gasteiger partial charge < -0.3 is 15.4 Å². The Labute approximate surface area is 156 Å². The van der Waals surface area contributed by atoms with E-state index in [0.29, 0.717) is 5.56 Å². The quantitative estimate of drug-likeness (QED) is 0.790. The number of ether oxygens (including phenoxy) is 1. The molecule has 4 amide bonds. The fraction of sp³-hybridized carbons (Fsp3) is 0.350. The first-order chi connectivity index (χ1) is 12.9. The third-order valence-corrected chi connectivity index (χ3v) is 5.14. The lowest BCUT2D eigenvalue weighted by Crippen LogP contribution is -2.43. The molecular formula is C20H21N3O4. The smallest absolute Gasteiger partial charge is 0.325 e. The maximum atomic E-state index is 13.0. The van der Waals surface area contributed by atoms with Crippen LogP contribution in [0.1, 0.15) is 25.3 Å². The molecule has 2 aliphatic rings. The molecule has 1 aliphatic carbocycles. The minimum Gasteiger partial charge on any atom is -0.497 e. The van der Waals surface area contributed by atoms with Gasteiger partial charge in [0.15, 0.2) is 0 Å². The summed E-state index contributed by atoms with van der Waals surface area (Å²) >= 11 is 0. The van der Waals surface area contributed by atoms with Gasteiger partial charge in [-0.15, -0.1) is 0 Å². The van der Waals surface area contributed by atoms with Crippen molar-refractivity contribution < 1.29 is 19.1 Å². The number of rotatable bonds is 5. The van der Waals surface area contributed by atoms with Gasteiger partial charge >= 0.3 is 6.03 Å². The average Bonchev–Trinajstić information content (AvgIpc) is 3.44. The highest BCUT2D eigenvalue weighted by Gasteiger charge is 2.49. The number of fused-ring (bicyclic) bond motifs is 1. The van der Waals surface area contributed by atoms with Crippen molar-refractivity contribution in [2.45, 2.75) is 31.3 Å². The number of nitrogens with zero attached hydrogens (tertiary/aromatic N) is 1. The molecule has 2 fully saturated rings. The minimum atomic E-state index is -1.20. The molecule has 0 spiro atoms. The highest BCUT2D eigenvalue weighted by molar-refractivity contribution is 6.09. The van der Waals surface area contributed by atoms with Gasteiger partial charge in [-0.2, -0.15) is 0 Å². The van der Waals surface area contributed by atoms with E-state index in [0.717, 1.165) is 34.3 Å². The summed E-state index contributed by atoms with van der Waals surface area (Å²) in [6.07, 6.45) is 1.90. The number of hydrogen-bond donors (Lipinski definition) is 2. The van der Waals surface area contributed by atoms with Crippen LogP contribution in [0.5, 0.6) is 5.75 Å². The second kappa shape index (κ2) is 6.26. The second-order valence-corrected chi connectivity index (χ2v) is 7.22. The Morgan fingerprint density at radius 1 is 1.22 bits per heavy atom. The number of benzene rings is 2. The van der Waals surface area contributed by atoms with E-state index in [-0.39, 0.29) is 18.5 Å². The molecule has 2 aromatic carbocycles. The van der Waals surface area contributed by atoms with Crippen molar-refractivity contribution in [3.63, 3.8) is 0 Å². The van der Waals surface area contributed by atoms with Crippen LogP contribution >= 0.6 is 0 Å². The van der Waals surface area contributed by atoms with Crippen LogP contribution in [0.3, 0.4) is 0 Å². The maximum absolute atomic E-state index is 13.0. The van der Waals surface area contributed by atoms with E-state index >= 15 is 0 Å². The van der Waals surface area contributed by atoms with Gasteiger partial charge in [-0.05, 0) is 54.3 Å². The standard InChI is InChI=1S/C20H21N3O4/c1-20(14-5-3-13-10-16(27-2)8-4-12(13)9-14)18(25)23(19(26)22-20)11-17(24)21-15-6-7-15/h3-5,8-10,15H,6-7,11H2,1-2H3,(H,21,24)(H,22,26)/t20-/m0/s1. The molecule has 1 atom stereocenters. The van der Waals surface area contributed by atoms with E-state index in [9.17, 15) is 14.4 Å². The number of imide groups is 1. The van der Waals surface area contributed by atoms with Crippen molar-refractivity contribution in [2.24, 2.45) is 0 Å². The lowest BCUT2D eigenvalue weighted by molar-refractivity contribution is -0.134. The van der Waals surface area contributed by atoms with E-state index in [1.54, 1.807) is 14.0 Å². The number of amides is 4. The second-order valence-electron chi connectivity index (χ2n) is 7.22. The van der Waals surface area contributed by atoms with Crippen molar-refractivity contribution >= 4 is 28.6 Å². The molecule has 0 aromatic heterocycles. The normalized spacial score (nSPS) is 22.1. The SMILES string of the molecule is COc1ccc2cc([C@]3(C)NC(=O)N(CC(=O)NC4CC4)C3=O)ccc2c1. The molecule has 1 heterocycles. The number of nitrogens with one attached hydrogen (secondary N) is 2. The number of hydrogen-bond acceptors (Lipinski definition) is 4. The lowest BCUT2D eigenvalue weighted by Gasteiger charge is -2.22. The van der Waals surface area contributed by atoms with Crippen molar-refractivity contribution in [2.75, 3.05) is 13.7 Å². The van der Waals surface area contributed by atoms with Gasteiger partial charge in [-0.25, -0.2) is 4.79 Å². The summed E-state index contributed by atoms with van der Waals surface area (Å²) in [5, 5.41) is 7.44. The van der Waals surface area contributed by atoms with Crippen LogP contribution in [0.2, 0.25) is 0 Å². The number of urea groups is 1. The largest absolute Gasteiger partial charge is 0.497 e. The van der Waals surface area contributed by atoms with Crippen molar-refractivity contribution in [1.29, 1.82) is 0 Å². The molecule has 4 rings (SSSR count). The van der Waals surface area contributed by atoms with Crippen LogP contribution in [-0.2, 0) is 15.1 Å². The van der Waals surface area contributed by atoms with Crippen molar-refractivity contribution in [3.05, 3.63) is 42.0 Å². The fourth-order valence-electron chi connectivity index (χ4n) is 3.34. The van der Waals surface area contributed by atoms with Gasteiger partial charge in [0.25, 0.3) is 5.91 Å². The van der Waals surface area contributed by atoms with Gasteiger partial charge in [-0.3, -0.25) is 14.5 Å². The summed E-state index contributed by atoms with van der Waals surface area (Å²) < 4.78 is 5.23. The van der Waals surface area contributed by atoms with Gasteiger partial charge in [0.1, 0.15) is 17.8 Å². The van der Waals surface area contributed by atoms with Gasteiger partial charge in [0.05, 0.1) is 7.11 Å². The summed E-state index contributed by atoms with van der Waals surface area (Å²) in [6, 6.07) is 10.9. The summed E-state index contributed by atoms with van der Waals surface area (Å²) in [6.45, 7) is 1.40. The molecular weight excluding hydrogens is 346 g/mol. The molecule has 0 unspecified atom stereocenters. The van der Waals surface area contributed by atoms with Crippen LogP contribution in [-0.4, -0.2) is 42.4 Å². The molecule has 0 radical (unpaired) electrons. The molecule has 27 heavy (non-hydrogen) atoms. The minimum absolute atomic E-state index is 0.183. The zero-order chi connectivity index (χ0) is 19.2. The van der Waals surface area contributed by atoms with E-state index < -0.39 is 17.5 Å². The van der Waals surface area contributed by atoms with E-state index in [4.69, 9.17) is 4.74 Å². The predicted octanol–water partition coefficient (Wildman–Crippen LogP) is 1.89. The fourth-order valence-corrected chi connectivity index (χ4v) is 3.34. The Bertz CT molecular complexity index is 953. The zero-order valence-corrected chi connectivity index (χ0v) is 15.2. The summed E-state index contributed by atoms with van der Waals surface area (Å²) in [4.78, 5) is 38.3. The van der Waals surface area contributed by atoms with Crippen LogP contribution in [0.4, 0.5) is 4.79 Å². The Morgan fingerprint density at radius 2 is 1.93 bits per heavy atom. The maximum Gasteiger partial charge on any atom is 0.325 e. The summed E-state index contributed by atoms with van der Waals surface area (Å²) in [7, 11) is 1.61. The highest BCUT2D eigenvalue weighted by Crippen LogP contribution is 2.32. The molecule has 1 aliphatic heterocycles. The molecule has 7 nitrogen and oxygen atoms in total. The molecule has 1 saturated carbocycles. The van der Waals surface area contributed by atoms with Crippen LogP contribution in [0.25, 0.3) is 10.8 Å². The molecule has 140 valence electrons. The predicted molar refractivity (Wildman–Crippen MR) is 99.3 cm³/mol. The lowest BCUT2D eigenvalue weighted by atomic mass is 9.90. The van der Waals surface area contributed by atoms with Gasteiger partial charge in [0, 0.05) is 6.04 Å². The monoisotopic (exact) mass is 367 g/mol. The van der Waals surface area contributed by atoms with Crippen LogP contribution in [0.15, 0.2) is 36.4 Å². The Morgan fingerprint density at radius 3 is 2.63 bits per heavy atom. The first-order valence-corrected chi connectivity index (χ1v) is 8.92. The topological polar surface area (TPSA) is 87.7 Å². The average molecular weight is 367 g/mol. The van der Waals surface area contributed by atoms with Crippen molar-refractivity contribution in [3.8, 4) is 5.75 Å². The van der Waals surface area contributed by atoms with Gasteiger partial charge in [-0.1, -0.05) is 18.2 Å². The Hall–Kier alpha value is -3.09. The van der Waals surface area contributed by atoms with Crippen LogP contribution < -0.4 is 15.4 Å². The van der Waals surface area contributed by atoms with E-state index in [1.165, 1.54) is 0 Å². The van der Waals surface area contributed by atoms with Crippen molar-refractivity contribution in [1.82, 2.24) is 15.5 Å². The van der Waals surface area contributed by atoms with Gasteiger partial charge in [0.2, 0.25) is 5.91 Å². The molecule has 2 N–H and O–H groups in total. The van der Waals surface area contributed by atoms with Crippen LogP contribution in [0, 0.1) is 0 Å². The third kappa shape index (κ3) is 3.09. The first kappa shape index (κ1) is 17.3. The number of methoxy groups -OCH3 is 1. The molecule has 2 aromatic rings. The van der Waals surface area contributed by atoms with E-state index in [1.807, 2.05) is 36.4 Å². The molecule has 7 heteroatoms. The highest BCUT2D eigenvalue weighted by atomic mass is 16.5. The first-order valence-electron chi connectivity index (χ1n) is 8.92. The number of carbonyl (C=O) groups is 3. The third-order valence-electron chi connectivity index (χ3n) is 5.14. The van der Waals surface area contributed by atoms with E-state index in [2.05, 4.69) is 10.6 Å². The number of carbonyl (C=O) groups excluding carboxylic acids is 3. The summed E-state index contributed by atoms with van der Waals surface area (Å²) in [5.41, 5.74) is -0.533. The molecule has 0 bridgehead atoms. The summed E-state index contributed by atoms with van der Waals surface area (Å²) in [5.74, 6) is 0.0155. The zero-order valence-electron chi connectivity index (χ0n) is 15.2. The Balaban J connectivity index is 1.60. The Kier molecular flexibility index (Phi) is 4.02. The molecule has 1 saturated heterocycles.